The molecule has 9 heavy (non-hydrogen) atoms. The Hall–Kier alpha value is 0.300. The number of hydrogen-bond acceptors (Lipinski definition) is 5. The first-order valence-corrected chi connectivity index (χ1v) is 4.34. The standard InChI is InChI=1S/CH6O6P2/c2-1-6-9(5)7-8(3)4/h2,8-9H,1H2,(H,3,4). The predicted molar refractivity (Wildman–Crippen MR) is 29.5 cm³/mol. The molecule has 0 aromatic rings. The normalized spacial score (nSPS) is 17.1. The molecule has 0 aliphatic heterocycles. The van der Waals surface area contributed by atoms with E-state index < -0.39 is 23.3 Å². The first-order chi connectivity index (χ1) is 4.16. The van der Waals surface area contributed by atoms with Gasteiger partial charge in [0.15, 0.2) is 6.79 Å². The first kappa shape index (κ1) is 9.30. The molecule has 0 spiro atoms. The van der Waals surface area contributed by atoms with E-state index >= 15 is 0 Å². The second-order valence-electron chi connectivity index (χ2n) is 0.891. The van der Waals surface area contributed by atoms with E-state index in [4.69, 9.17) is 10.00 Å². The largest absolute Gasteiger partial charge is 0.370 e. The van der Waals surface area contributed by atoms with Crippen LogP contribution < -0.4 is 0 Å². The summed E-state index contributed by atoms with van der Waals surface area (Å²) in [6, 6.07) is 0. The van der Waals surface area contributed by atoms with E-state index in [1.165, 1.54) is 0 Å². The molecule has 56 valence electrons. The van der Waals surface area contributed by atoms with Gasteiger partial charge in [-0.2, -0.15) is 0 Å². The van der Waals surface area contributed by atoms with Crippen LogP contribution in [-0.2, 0) is 18.0 Å². The zero-order valence-electron chi connectivity index (χ0n) is 4.23. The van der Waals surface area contributed by atoms with Crippen LogP contribution in [0, 0.1) is 0 Å². The van der Waals surface area contributed by atoms with Gasteiger partial charge in [-0.05, 0) is 0 Å². The highest BCUT2D eigenvalue weighted by Gasteiger charge is 2.00. The molecule has 0 bridgehead atoms. The summed E-state index contributed by atoms with van der Waals surface area (Å²) in [7, 11) is -6.17. The lowest BCUT2D eigenvalue weighted by atomic mass is 11.6. The van der Waals surface area contributed by atoms with Gasteiger partial charge in [-0.15, -0.1) is 0 Å². The number of aliphatic hydroxyl groups excluding tert-OH is 1. The van der Waals surface area contributed by atoms with E-state index in [2.05, 4.69) is 8.83 Å². The van der Waals surface area contributed by atoms with Gasteiger partial charge in [0, 0.05) is 0 Å². The van der Waals surface area contributed by atoms with Gasteiger partial charge in [0.1, 0.15) is 0 Å². The summed E-state index contributed by atoms with van der Waals surface area (Å²) in [6.07, 6.45) is 0. The van der Waals surface area contributed by atoms with Gasteiger partial charge < -0.3 is 10.00 Å². The summed E-state index contributed by atoms with van der Waals surface area (Å²) in [5.74, 6) is 0. The van der Waals surface area contributed by atoms with Gasteiger partial charge in [-0.25, -0.2) is 4.31 Å². The van der Waals surface area contributed by atoms with Crippen molar-refractivity contribution in [3.8, 4) is 0 Å². The molecule has 0 aliphatic carbocycles. The Bertz CT molecular complexity index is 120. The minimum absolute atomic E-state index is 0.785. The van der Waals surface area contributed by atoms with Crippen LogP contribution in [0.1, 0.15) is 0 Å². The van der Waals surface area contributed by atoms with Crippen LogP contribution in [-0.4, -0.2) is 16.8 Å². The van der Waals surface area contributed by atoms with E-state index in [1.54, 1.807) is 0 Å². The minimum Gasteiger partial charge on any atom is -0.370 e. The summed E-state index contributed by atoms with van der Waals surface area (Å²) in [6.45, 7) is -0.785. The third kappa shape index (κ3) is 6.18. The van der Waals surface area contributed by atoms with Crippen molar-refractivity contribution in [2.24, 2.45) is 0 Å². The highest BCUT2D eigenvalue weighted by atomic mass is 31.2. The molecular formula is CH6O6P2. The Kier molecular flexibility index (Phi) is 5.28. The third-order valence-electron chi connectivity index (χ3n) is 0.353. The maximum absolute atomic E-state index is 10.1. The Labute approximate surface area is 52.3 Å². The Morgan fingerprint density at radius 3 is 2.33 bits per heavy atom. The van der Waals surface area contributed by atoms with Crippen LogP contribution in [0.2, 0.25) is 0 Å². The molecule has 0 saturated heterocycles. The highest BCUT2D eigenvalue weighted by Crippen LogP contribution is 2.35. The fourth-order valence-electron chi connectivity index (χ4n) is 0.153. The molecule has 2 N–H and O–H groups in total. The van der Waals surface area contributed by atoms with Gasteiger partial charge in [0.05, 0.1) is 0 Å². The average Bonchev–Trinajstić information content (AvgIpc) is 1.63. The van der Waals surface area contributed by atoms with Gasteiger partial charge >= 0.3 is 16.5 Å². The number of hydrogen-bond donors (Lipinski definition) is 2. The molecule has 0 radical (unpaired) electrons. The molecule has 0 saturated carbocycles. The van der Waals surface area contributed by atoms with Crippen LogP contribution in [0.4, 0.5) is 0 Å². The second kappa shape index (κ2) is 5.11. The van der Waals surface area contributed by atoms with Crippen molar-refractivity contribution >= 4 is 16.5 Å². The van der Waals surface area contributed by atoms with E-state index in [0.29, 0.717) is 0 Å². The van der Waals surface area contributed by atoms with E-state index in [1.807, 2.05) is 0 Å². The molecule has 0 amide bonds. The fourth-order valence-corrected chi connectivity index (χ4v) is 1.06. The van der Waals surface area contributed by atoms with Crippen LogP contribution in [0.5, 0.6) is 0 Å². The zero-order valence-corrected chi connectivity index (χ0v) is 6.23. The lowest BCUT2D eigenvalue weighted by molar-refractivity contribution is 0.0959. The number of rotatable bonds is 4. The molecule has 6 nitrogen and oxygen atoms in total. The van der Waals surface area contributed by atoms with Gasteiger partial charge in [-0.1, -0.05) is 0 Å². The number of aliphatic hydroxyl groups is 1. The third-order valence-corrected chi connectivity index (χ3v) is 2.08. The van der Waals surface area contributed by atoms with Crippen molar-refractivity contribution in [2.45, 2.75) is 0 Å². The second-order valence-corrected chi connectivity index (χ2v) is 3.03. The Balaban J connectivity index is 3.39. The molecule has 8 heteroatoms. The Morgan fingerprint density at radius 2 is 2.00 bits per heavy atom. The highest BCUT2D eigenvalue weighted by molar-refractivity contribution is 7.47. The summed E-state index contributed by atoms with van der Waals surface area (Å²) < 4.78 is 27.5. The monoisotopic (exact) mass is 176 g/mol. The van der Waals surface area contributed by atoms with Crippen molar-refractivity contribution in [1.82, 2.24) is 0 Å². The molecule has 0 fully saturated rings. The van der Waals surface area contributed by atoms with Gasteiger partial charge in [0.25, 0.3) is 0 Å². The van der Waals surface area contributed by atoms with Crippen molar-refractivity contribution in [3.63, 3.8) is 0 Å². The van der Waals surface area contributed by atoms with Crippen LogP contribution in [0.3, 0.4) is 0 Å². The van der Waals surface area contributed by atoms with E-state index in [0.717, 1.165) is 0 Å². The molecule has 0 rings (SSSR count). The Morgan fingerprint density at radius 1 is 1.44 bits per heavy atom. The van der Waals surface area contributed by atoms with Crippen molar-refractivity contribution in [1.29, 1.82) is 0 Å². The molecule has 2 unspecified atom stereocenters. The summed E-state index contributed by atoms with van der Waals surface area (Å²) in [4.78, 5) is 7.94. The SMILES string of the molecule is O=[PH](O)O[PH](=O)OCO. The summed E-state index contributed by atoms with van der Waals surface area (Å²) in [5.41, 5.74) is 0. The van der Waals surface area contributed by atoms with E-state index in [-0.39, 0.29) is 0 Å². The zero-order chi connectivity index (χ0) is 7.28. The maximum atomic E-state index is 10.1. The molecule has 2 atom stereocenters. The van der Waals surface area contributed by atoms with Crippen LogP contribution in [0.25, 0.3) is 0 Å². The quantitative estimate of drug-likeness (QED) is 0.452. The fraction of sp³-hybridized carbons (Fsp3) is 1.00. The summed E-state index contributed by atoms with van der Waals surface area (Å²) >= 11 is 0. The average molecular weight is 176 g/mol. The minimum atomic E-state index is -3.21. The maximum Gasteiger partial charge on any atom is 0.328 e. The van der Waals surface area contributed by atoms with E-state index in [9.17, 15) is 9.13 Å². The van der Waals surface area contributed by atoms with Crippen LogP contribution >= 0.6 is 16.5 Å². The van der Waals surface area contributed by atoms with Crippen molar-refractivity contribution < 1.29 is 28.0 Å². The van der Waals surface area contributed by atoms with Crippen molar-refractivity contribution in [3.05, 3.63) is 0 Å². The summed E-state index contributed by atoms with van der Waals surface area (Å²) in [5, 5.41) is 7.90. The van der Waals surface area contributed by atoms with Crippen molar-refractivity contribution in [2.75, 3.05) is 6.79 Å². The lowest BCUT2D eigenvalue weighted by Crippen LogP contribution is -1.80. The molecule has 0 aromatic heterocycles. The first-order valence-electron chi connectivity index (χ1n) is 1.85. The van der Waals surface area contributed by atoms with Crippen LogP contribution in [0.15, 0.2) is 0 Å². The molecular weight excluding hydrogens is 170 g/mol. The molecule has 0 aromatic carbocycles. The van der Waals surface area contributed by atoms with Gasteiger partial charge in [0.2, 0.25) is 0 Å². The predicted octanol–water partition coefficient (Wildman–Crippen LogP) is -0.259. The smallest absolute Gasteiger partial charge is 0.328 e. The lowest BCUT2D eigenvalue weighted by Gasteiger charge is -1.96. The van der Waals surface area contributed by atoms with Gasteiger partial charge in [-0.3, -0.25) is 13.7 Å². The topological polar surface area (TPSA) is 93.1 Å². The molecule has 0 heterocycles. The molecule has 0 aliphatic rings.